The molecule has 0 bridgehead atoms. The maximum Gasteiger partial charge on any atom is 0.306 e. The van der Waals surface area contributed by atoms with Crippen molar-refractivity contribution < 1.29 is 28.6 Å². The van der Waals surface area contributed by atoms with Gasteiger partial charge in [-0.2, -0.15) is 0 Å². The highest BCUT2D eigenvalue weighted by atomic mass is 16.6. The highest BCUT2D eigenvalue weighted by molar-refractivity contribution is 5.71. The van der Waals surface area contributed by atoms with Crippen LogP contribution in [-0.2, 0) is 28.6 Å². The normalized spacial score (nSPS) is 12.5. The van der Waals surface area contributed by atoms with Crippen LogP contribution >= 0.6 is 0 Å². The summed E-state index contributed by atoms with van der Waals surface area (Å²) in [7, 11) is 0. The molecule has 0 saturated heterocycles. The van der Waals surface area contributed by atoms with Crippen molar-refractivity contribution in [3.05, 3.63) is 0 Å². The molecule has 0 radical (unpaired) electrons. The van der Waals surface area contributed by atoms with E-state index in [1.54, 1.807) is 0 Å². The summed E-state index contributed by atoms with van der Waals surface area (Å²) in [4.78, 5) is 37.6. The molecule has 0 aliphatic carbocycles. The van der Waals surface area contributed by atoms with Crippen molar-refractivity contribution in [3.63, 3.8) is 0 Å². The minimum Gasteiger partial charge on any atom is -0.462 e. The van der Waals surface area contributed by atoms with E-state index in [4.69, 9.17) is 14.2 Å². The molecule has 0 N–H and O–H groups in total. The average Bonchev–Trinajstić information content (AvgIpc) is 3.18. The lowest BCUT2D eigenvalue weighted by Gasteiger charge is -2.18. The maximum atomic E-state index is 12.7. The van der Waals surface area contributed by atoms with Crippen LogP contribution in [0.5, 0.6) is 0 Å². The molecule has 0 aromatic heterocycles. The molecule has 0 aliphatic heterocycles. The number of ether oxygens (including phenoxy) is 3. The van der Waals surface area contributed by atoms with Gasteiger partial charge in [0.2, 0.25) is 0 Å². The van der Waals surface area contributed by atoms with Gasteiger partial charge in [-0.25, -0.2) is 0 Å². The van der Waals surface area contributed by atoms with Crippen LogP contribution < -0.4 is 0 Å². The lowest BCUT2D eigenvalue weighted by Crippen LogP contribution is -2.30. The smallest absolute Gasteiger partial charge is 0.306 e. The Labute approximate surface area is 348 Å². The topological polar surface area (TPSA) is 78.9 Å². The Balaban J connectivity index is 4.14. The standard InChI is InChI=1S/C50H96O6/c1-6-8-9-28-35-40-48(51)54-43-47(44-55-49(52)41-36-31-26-22-18-15-14-16-20-24-29-33-38-45(3)4)56-50(53)42-37-32-27-23-19-13-11-10-12-17-21-25-30-34-39-46(5)7-2/h45-47H,6-44H2,1-5H3/t46?,47-/m1/s1. The van der Waals surface area contributed by atoms with Gasteiger partial charge in [-0.15, -0.1) is 0 Å². The van der Waals surface area contributed by atoms with Crippen LogP contribution in [0.3, 0.4) is 0 Å². The molecule has 0 amide bonds. The van der Waals surface area contributed by atoms with Gasteiger partial charge in [0.15, 0.2) is 6.10 Å². The van der Waals surface area contributed by atoms with Crippen LogP contribution in [0.1, 0.15) is 272 Å². The Morgan fingerprint density at radius 2 is 0.679 bits per heavy atom. The predicted molar refractivity (Wildman–Crippen MR) is 238 cm³/mol. The summed E-state index contributed by atoms with van der Waals surface area (Å²) in [5.41, 5.74) is 0. The van der Waals surface area contributed by atoms with Gasteiger partial charge in [-0.1, -0.05) is 234 Å². The van der Waals surface area contributed by atoms with Crippen LogP contribution in [0.15, 0.2) is 0 Å². The van der Waals surface area contributed by atoms with E-state index in [1.807, 2.05) is 0 Å². The minimum absolute atomic E-state index is 0.0650. The zero-order valence-corrected chi connectivity index (χ0v) is 38.3. The molecule has 0 heterocycles. The number of esters is 3. The third kappa shape index (κ3) is 42.0. The first kappa shape index (κ1) is 54.4. The number of rotatable bonds is 44. The molecular formula is C50H96O6. The van der Waals surface area contributed by atoms with E-state index in [0.29, 0.717) is 19.3 Å². The van der Waals surface area contributed by atoms with E-state index >= 15 is 0 Å². The molecular weight excluding hydrogens is 697 g/mol. The van der Waals surface area contributed by atoms with Gasteiger partial charge in [0.1, 0.15) is 13.2 Å². The molecule has 56 heavy (non-hydrogen) atoms. The van der Waals surface area contributed by atoms with Gasteiger partial charge in [0.25, 0.3) is 0 Å². The third-order valence-electron chi connectivity index (χ3n) is 11.6. The predicted octanol–water partition coefficient (Wildman–Crippen LogP) is 15.8. The van der Waals surface area contributed by atoms with E-state index in [2.05, 4.69) is 34.6 Å². The number of hydrogen-bond acceptors (Lipinski definition) is 6. The number of carbonyl (C=O) groups is 3. The van der Waals surface area contributed by atoms with Crippen molar-refractivity contribution in [3.8, 4) is 0 Å². The highest BCUT2D eigenvalue weighted by Crippen LogP contribution is 2.18. The van der Waals surface area contributed by atoms with Crippen LogP contribution in [-0.4, -0.2) is 37.2 Å². The molecule has 6 nitrogen and oxygen atoms in total. The second kappa shape index (κ2) is 43.0. The van der Waals surface area contributed by atoms with Crippen molar-refractivity contribution in [1.82, 2.24) is 0 Å². The van der Waals surface area contributed by atoms with Gasteiger partial charge in [-0.3, -0.25) is 14.4 Å². The zero-order chi connectivity index (χ0) is 41.2. The second-order valence-electron chi connectivity index (χ2n) is 17.8. The molecule has 6 heteroatoms. The highest BCUT2D eigenvalue weighted by Gasteiger charge is 2.19. The summed E-state index contributed by atoms with van der Waals surface area (Å²) < 4.78 is 16.7. The molecule has 0 spiro atoms. The largest absolute Gasteiger partial charge is 0.462 e. The molecule has 0 aromatic rings. The van der Waals surface area contributed by atoms with Crippen LogP contribution in [0.25, 0.3) is 0 Å². The first-order valence-corrected chi connectivity index (χ1v) is 24.8. The summed E-state index contributed by atoms with van der Waals surface area (Å²) in [5, 5.41) is 0. The Kier molecular flexibility index (Phi) is 41.8. The Bertz CT molecular complexity index is 856. The minimum atomic E-state index is -0.759. The van der Waals surface area contributed by atoms with Crippen LogP contribution in [0.2, 0.25) is 0 Å². The Morgan fingerprint density at radius 1 is 0.375 bits per heavy atom. The Hall–Kier alpha value is -1.59. The van der Waals surface area contributed by atoms with Crippen molar-refractivity contribution in [1.29, 1.82) is 0 Å². The lowest BCUT2D eigenvalue weighted by atomic mass is 9.99. The van der Waals surface area contributed by atoms with Gasteiger partial charge >= 0.3 is 17.9 Å². The fraction of sp³-hybridized carbons (Fsp3) is 0.940. The quantitative estimate of drug-likeness (QED) is 0.0347. The molecule has 0 aromatic carbocycles. The molecule has 0 fully saturated rings. The zero-order valence-electron chi connectivity index (χ0n) is 38.3. The monoisotopic (exact) mass is 793 g/mol. The average molecular weight is 793 g/mol. The Morgan fingerprint density at radius 3 is 1.02 bits per heavy atom. The molecule has 2 atom stereocenters. The van der Waals surface area contributed by atoms with E-state index in [9.17, 15) is 14.4 Å². The van der Waals surface area contributed by atoms with Gasteiger partial charge < -0.3 is 14.2 Å². The fourth-order valence-corrected chi connectivity index (χ4v) is 7.43. The van der Waals surface area contributed by atoms with Crippen LogP contribution in [0, 0.1) is 11.8 Å². The molecule has 0 rings (SSSR count). The first-order valence-electron chi connectivity index (χ1n) is 24.8. The summed E-state index contributed by atoms with van der Waals surface area (Å²) in [6.07, 6.45) is 42.6. The molecule has 0 saturated carbocycles. The number of hydrogen-bond donors (Lipinski definition) is 0. The van der Waals surface area contributed by atoms with E-state index < -0.39 is 6.10 Å². The summed E-state index contributed by atoms with van der Waals surface area (Å²) in [5.74, 6) is 0.863. The van der Waals surface area contributed by atoms with Gasteiger partial charge in [0.05, 0.1) is 0 Å². The van der Waals surface area contributed by atoms with E-state index in [0.717, 1.165) is 76.0 Å². The van der Waals surface area contributed by atoms with Crippen molar-refractivity contribution in [2.75, 3.05) is 13.2 Å². The van der Waals surface area contributed by atoms with E-state index in [1.165, 1.54) is 154 Å². The third-order valence-corrected chi connectivity index (χ3v) is 11.6. The van der Waals surface area contributed by atoms with Gasteiger partial charge in [-0.05, 0) is 31.1 Å². The number of unbranched alkanes of at least 4 members (excludes halogenated alkanes) is 28. The van der Waals surface area contributed by atoms with Crippen molar-refractivity contribution in [2.24, 2.45) is 11.8 Å². The second-order valence-corrected chi connectivity index (χ2v) is 17.8. The lowest BCUT2D eigenvalue weighted by molar-refractivity contribution is -0.167. The molecule has 1 unspecified atom stereocenters. The number of carbonyl (C=O) groups excluding carboxylic acids is 3. The summed E-state index contributed by atoms with van der Waals surface area (Å²) in [6, 6.07) is 0. The first-order chi connectivity index (χ1) is 27.3. The summed E-state index contributed by atoms with van der Waals surface area (Å²) >= 11 is 0. The summed E-state index contributed by atoms with van der Waals surface area (Å²) in [6.45, 7) is 11.3. The SMILES string of the molecule is CCCCCCCC(=O)OC[C@H](COC(=O)CCCCCCCCCCCCCCC(C)C)OC(=O)CCCCCCCCCCCCCCCCC(C)CC. The van der Waals surface area contributed by atoms with Crippen LogP contribution in [0.4, 0.5) is 0 Å². The maximum absolute atomic E-state index is 12.7. The van der Waals surface area contributed by atoms with Crippen molar-refractivity contribution in [2.45, 2.75) is 278 Å². The van der Waals surface area contributed by atoms with Crippen molar-refractivity contribution >= 4 is 17.9 Å². The molecule has 0 aliphatic rings. The fourth-order valence-electron chi connectivity index (χ4n) is 7.43. The van der Waals surface area contributed by atoms with Gasteiger partial charge in [0, 0.05) is 19.3 Å². The van der Waals surface area contributed by atoms with E-state index in [-0.39, 0.29) is 31.1 Å². The molecule has 332 valence electrons.